The Kier molecular flexibility index (Phi) is 11.3. The van der Waals surface area contributed by atoms with Gasteiger partial charge in [-0.1, -0.05) is 6.08 Å². The van der Waals surface area contributed by atoms with Crippen molar-refractivity contribution in [1.82, 2.24) is 23.9 Å². The van der Waals surface area contributed by atoms with Crippen molar-refractivity contribution >= 4 is 40.7 Å². The van der Waals surface area contributed by atoms with E-state index in [-0.39, 0.29) is 40.9 Å². The Balaban J connectivity index is 1.91. The standard InChI is InChI=1S/C29H32F4N6O7/c1-36(2)22(40)8-6-5-7-21(46-28(45)37(3)4)25(41)35-24-26(42)38(12-11-34-24)16-20-15-18-14-19(30)13-17(9-10-29(31,32)33)23(18)39(20)27(43)44/h6,8,11-15,21H,5,7,9-10,16H2,1-4H3,(H,43,44)(H,34,35,41)/b8-6+/t21-/m0/s1. The molecule has 17 heteroatoms. The fraction of sp³-hybridized carbons (Fsp3) is 0.379. The highest BCUT2D eigenvalue weighted by atomic mass is 19.4. The highest BCUT2D eigenvalue weighted by Gasteiger charge is 2.29. The Hall–Kier alpha value is -5.22. The number of benzene rings is 1. The number of aryl methyl sites for hydroxylation is 1. The zero-order valence-electron chi connectivity index (χ0n) is 25.3. The molecule has 1 aromatic carbocycles. The molecule has 0 aliphatic rings. The molecular weight excluding hydrogens is 620 g/mol. The smallest absolute Gasteiger partial charge is 0.416 e. The zero-order valence-corrected chi connectivity index (χ0v) is 25.3. The maximum absolute atomic E-state index is 14.3. The number of hydrogen-bond donors (Lipinski definition) is 2. The molecule has 0 radical (unpaired) electrons. The minimum atomic E-state index is -4.57. The Morgan fingerprint density at radius 3 is 2.41 bits per heavy atom. The molecule has 2 heterocycles. The SMILES string of the molecule is CN(C)C(=O)/C=C/CC[C@H](OC(=O)N(C)C)C(=O)Nc1nccn(Cc2cc3cc(F)cc(CCC(F)(F)F)c3n2C(=O)O)c1=O. The molecule has 0 unspecified atom stereocenters. The summed E-state index contributed by atoms with van der Waals surface area (Å²) in [6, 6.07) is 3.04. The van der Waals surface area contributed by atoms with E-state index in [0.717, 1.165) is 27.8 Å². The fourth-order valence-corrected chi connectivity index (χ4v) is 4.33. The third kappa shape index (κ3) is 9.15. The third-order valence-electron chi connectivity index (χ3n) is 6.57. The predicted molar refractivity (Wildman–Crippen MR) is 157 cm³/mol. The van der Waals surface area contributed by atoms with Crippen molar-refractivity contribution in [3.63, 3.8) is 0 Å². The van der Waals surface area contributed by atoms with Crippen molar-refractivity contribution in [3.8, 4) is 0 Å². The summed E-state index contributed by atoms with van der Waals surface area (Å²) < 4.78 is 59.9. The first-order chi connectivity index (χ1) is 21.5. The average molecular weight is 653 g/mol. The van der Waals surface area contributed by atoms with Gasteiger partial charge in [-0.2, -0.15) is 13.2 Å². The molecular formula is C29H32F4N6O7. The molecule has 0 bridgehead atoms. The molecule has 0 saturated carbocycles. The Bertz CT molecular complexity index is 1710. The first-order valence-corrected chi connectivity index (χ1v) is 13.7. The number of likely N-dealkylation sites (N-methyl/N-ethyl adjacent to an activating group) is 1. The van der Waals surface area contributed by atoms with E-state index in [1.54, 1.807) is 14.1 Å². The van der Waals surface area contributed by atoms with Crippen molar-refractivity contribution in [2.75, 3.05) is 33.5 Å². The zero-order chi connectivity index (χ0) is 34.3. The second kappa shape index (κ2) is 14.7. The molecule has 2 N–H and O–H groups in total. The van der Waals surface area contributed by atoms with Crippen molar-refractivity contribution in [3.05, 3.63) is 70.2 Å². The molecule has 3 rings (SSSR count). The van der Waals surface area contributed by atoms with Crippen LogP contribution in [0.25, 0.3) is 10.9 Å². The number of carbonyl (C=O) groups excluding carboxylic acids is 3. The summed E-state index contributed by atoms with van der Waals surface area (Å²) in [4.78, 5) is 68.8. The fourth-order valence-electron chi connectivity index (χ4n) is 4.33. The molecule has 0 aliphatic heterocycles. The summed E-state index contributed by atoms with van der Waals surface area (Å²) in [6.45, 7) is -0.449. The molecule has 248 valence electrons. The lowest BCUT2D eigenvalue weighted by atomic mass is 10.1. The molecule has 3 amide bonds. The van der Waals surface area contributed by atoms with Gasteiger partial charge in [0, 0.05) is 52.4 Å². The number of nitrogens with zero attached hydrogens (tertiary/aromatic N) is 5. The van der Waals surface area contributed by atoms with Crippen LogP contribution >= 0.6 is 0 Å². The number of alkyl halides is 3. The number of nitrogens with one attached hydrogen (secondary N) is 1. The Morgan fingerprint density at radius 1 is 1.11 bits per heavy atom. The van der Waals surface area contributed by atoms with Gasteiger partial charge in [-0.05, 0) is 49.1 Å². The first-order valence-electron chi connectivity index (χ1n) is 13.7. The van der Waals surface area contributed by atoms with Gasteiger partial charge in [0.05, 0.1) is 17.8 Å². The number of amides is 3. The van der Waals surface area contributed by atoms with E-state index in [9.17, 15) is 46.6 Å². The van der Waals surface area contributed by atoms with Gasteiger partial charge >= 0.3 is 18.4 Å². The summed E-state index contributed by atoms with van der Waals surface area (Å²) in [5.41, 5.74) is -1.31. The van der Waals surface area contributed by atoms with Crippen molar-refractivity contribution in [1.29, 1.82) is 0 Å². The quantitative estimate of drug-likeness (QED) is 0.234. The lowest BCUT2D eigenvalue weighted by molar-refractivity contribution is -0.134. The van der Waals surface area contributed by atoms with Crippen molar-refractivity contribution < 1.29 is 46.6 Å². The number of rotatable bonds is 11. The molecule has 0 aliphatic carbocycles. The number of hydrogen-bond acceptors (Lipinski definition) is 7. The highest BCUT2D eigenvalue weighted by molar-refractivity contribution is 5.94. The normalized spacial score (nSPS) is 12.3. The van der Waals surface area contributed by atoms with Crippen LogP contribution in [0.2, 0.25) is 0 Å². The molecule has 2 aromatic heterocycles. The van der Waals surface area contributed by atoms with E-state index in [1.807, 2.05) is 0 Å². The number of carbonyl (C=O) groups is 4. The number of aromatic nitrogens is 3. The van der Waals surface area contributed by atoms with E-state index in [0.29, 0.717) is 4.57 Å². The summed E-state index contributed by atoms with van der Waals surface area (Å²) in [7, 11) is 5.90. The maximum Gasteiger partial charge on any atom is 0.416 e. The van der Waals surface area contributed by atoms with Crippen LogP contribution in [-0.2, 0) is 27.3 Å². The third-order valence-corrected chi connectivity index (χ3v) is 6.57. The molecule has 46 heavy (non-hydrogen) atoms. The van der Waals surface area contributed by atoms with Crippen LogP contribution < -0.4 is 10.9 Å². The van der Waals surface area contributed by atoms with E-state index in [1.165, 1.54) is 43.4 Å². The topological polar surface area (TPSA) is 156 Å². The molecule has 0 spiro atoms. The van der Waals surface area contributed by atoms with Crippen LogP contribution in [-0.4, -0.2) is 93.5 Å². The van der Waals surface area contributed by atoms with Crippen LogP contribution in [0.5, 0.6) is 0 Å². The largest absolute Gasteiger partial charge is 0.464 e. The molecule has 0 fully saturated rings. The van der Waals surface area contributed by atoms with Crippen LogP contribution in [0.1, 0.15) is 30.5 Å². The van der Waals surface area contributed by atoms with Gasteiger partial charge in [0.25, 0.3) is 11.5 Å². The molecule has 1 atom stereocenters. The minimum Gasteiger partial charge on any atom is -0.464 e. The number of allylic oxidation sites excluding steroid dienone is 1. The Morgan fingerprint density at radius 2 is 1.80 bits per heavy atom. The number of ether oxygens (including phenoxy) is 1. The highest BCUT2D eigenvalue weighted by Crippen LogP contribution is 2.29. The number of halogens is 4. The van der Waals surface area contributed by atoms with Crippen molar-refractivity contribution in [2.45, 2.75) is 44.5 Å². The monoisotopic (exact) mass is 652 g/mol. The Labute approximate surface area is 259 Å². The molecule has 3 aromatic rings. The lowest BCUT2D eigenvalue weighted by Crippen LogP contribution is -2.38. The number of fused-ring (bicyclic) bond motifs is 1. The van der Waals surface area contributed by atoms with Gasteiger partial charge in [-0.25, -0.2) is 23.5 Å². The van der Waals surface area contributed by atoms with E-state index >= 15 is 0 Å². The van der Waals surface area contributed by atoms with Crippen LogP contribution in [0.4, 0.5) is 33.0 Å². The minimum absolute atomic E-state index is 0.0112. The van der Waals surface area contributed by atoms with Gasteiger partial charge < -0.3 is 29.5 Å². The summed E-state index contributed by atoms with van der Waals surface area (Å²) in [5, 5.41) is 12.2. The van der Waals surface area contributed by atoms with Gasteiger partial charge in [0.15, 0.2) is 11.9 Å². The van der Waals surface area contributed by atoms with Gasteiger partial charge in [-0.3, -0.25) is 14.4 Å². The molecule has 13 nitrogen and oxygen atoms in total. The summed E-state index contributed by atoms with van der Waals surface area (Å²) >= 11 is 0. The molecule has 0 saturated heterocycles. The predicted octanol–water partition coefficient (Wildman–Crippen LogP) is 3.84. The summed E-state index contributed by atoms with van der Waals surface area (Å²) in [6.07, 6.45) is -5.21. The number of anilines is 1. The van der Waals surface area contributed by atoms with Crippen LogP contribution in [0.3, 0.4) is 0 Å². The van der Waals surface area contributed by atoms with E-state index in [4.69, 9.17) is 4.74 Å². The van der Waals surface area contributed by atoms with Gasteiger partial charge in [0.1, 0.15) is 5.82 Å². The van der Waals surface area contributed by atoms with Gasteiger partial charge in [-0.15, -0.1) is 0 Å². The summed E-state index contributed by atoms with van der Waals surface area (Å²) in [5.74, 6) is -2.57. The number of carboxylic acid groups (broad SMARTS) is 1. The van der Waals surface area contributed by atoms with Crippen LogP contribution in [0, 0.1) is 5.82 Å². The van der Waals surface area contributed by atoms with E-state index in [2.05, 4.69) is 10.3 Å². The second-order valence-corrected chi connectivity index (χ2v) is 10.5. The first kappa shape index (κ1) is 35.3. The maximum atomic E-state index is 14.3. The average Bonchev–Trinajstić information content (AvgIpc) is 3.32. The second-order valence-electron chi connectivity index (χ2n) is 10.5. The lowest BCUT2D eigenvalue weighted by Gasteiger charge is -2.19. The van der Waals surface area contributed by atoms with Gasteiger partial charge in [0.2, 0.25) is 5.91 Å². The van der Waals surface area contributed by atoms with E-state index < -0.39 is 67.0 Å². The van der Waals surface area contributed by atoms with Crippen molar-refractivity contribution in [2.24, 2.45) is 0 Å². The van der Waals surface area contributed by atoms with Crippen LogP contribution in [0.15, 0.2) is 47.5 Å².